The van der Waals surface area contributed by atoms with Crippen molar-refractivity contribution in [3.05, 3.63) is 28.7 Å². The number of thiazole rings is 1. The maximum atomic E-state index is 11.4. The van der Waals surface area contributed by atoms with Gasteiger partial charge >= 0.3 is 0 Å². The molecule has 0 unspecified atom stereocenters. The molecule has 1 aromatic heterocycles. The number of hydrogen-bond acceptors (Lipinski definition) is 6. The van der Waals surface area contributed by atoms with Crippen molar-refractivity contribution in [1.29, 1.82) is 0 Å². The summed E-state index contributed by atoms with van der Waals surface area (Å²) in [5, 5.41) is 9.04. The van der Waals surface area contributed by atoms with Crippen LogP contribution in [0.15, 0.2) is 23.7 Å². The largest absolute Gasteiger partial charge is 0.482 e. The van der Waals surface area contributed by atoms with Crippen LogP contribution in [0.4, 0.5) is 17.1 Å². The van der Waals surface area contributed by atoms with Crippen LogP contribution in [-0.4, -0.2) is 17.5 Å². The fourth-order valence-electron chi connectivity index (χ4n) is 2.17. The number of nitrogens with one attached hydrogen (secondary N) is 2. The number of carbonyl (C=O) groups is 1. The van der Waals surface area contributed by atoms with Crippen LogP contribution in [0.3, 0.4) is 0 Å². The molecule has 2 aromatic rings. The third kappa shape index (κ3) is 2.64. The number of fused-ring (bicyclic) bond motifs is 1. The summed E-state index contributed by atoms with van der Waals surface area (Å²) in [5.41, 5.74) is 7.63. The predicted octanol–water partition coefficient (Wildman–Crippen LogP) is 2.40. The highest BCUT2D eigenvalue weighted by atomic mass is 32.1. The molecule has 0 radical (unpaired) electrons. The highest BCUT2D eigenvalue weighted by Gasteiger charge is 2.25. The molecular weight excluding hydrogens is 288 g/mol. The van der Waals surface area contributed by atoms with Gasteiger partial charge in [0, 0.05) is 17.6 Å². The van der Waals surface area contributed by atoms with Crippen molar-refractivity contribution in [2.45, 2.75) is 19.4 Å². The van der Waals surface area contributed by atoms with E-state index < -0.39 is 0 Å². The zero-order valence-electron chi connectivity index (χ0n) is 11.8. The van der Waals surface area contributed by atoms with Gasteiger partial charge in [-0.15, -0.1) is 11.3 Å². The standard InChI is InChI=1S/C14H16N4O2S/c1-14(2,13-16-3-4-21-13)18-9-6-10-11(5-8(9)15)20-7-12(19)17-10/h3-6,18H,7,15H2,1-2H3,(H,17,19). The average Bonchev–Trinajstić information content (AvgIpc) is 2.94. The Balaban J connectivity index is 1.92. The number of rotatable bonds is 3. The monoisotopic (exact) mass is 304 g/mol. The summed E-state index contributed by atoms with van der Waals surface area (Å²) in [6.07, 6.45) is 1.77. The summed E-state index contributed by atoms with van der Waals surface area (Å²) < 4.78 is 5.34. The number of nitrogen functional groups attached to an aromatic ring is 1. The molecule has 110 valence electrons. The highest BCUT2D eigenvalue weighted by molar-refractivity contribution is 7.09. The molecule has 1 aromatic carbocycles. The van der Waals surface area contributed by atoms with E-state index >= 15 is 0 Å². The van der Waals surface area contributed by atoms with E-state index in [1.807, 2.05) is 19.2 Å². The van der Waals surface area contributed by atoms with Gasteiger partial charge in [-0.1, -0.05) is 0 Å². The first kappa shape index (κ1) is 13.7. The van der Waals surface area contributed by atoms with Crippen molar-refractivity contribution < 1.29 is 9.53 Å². The average molecular weight is 304 g/mol. The lowest BCUT2D eigenvalue weighted by Crippen LogP contribution is -2.29. The second-order valence-corrected chi connectivity index (χ2v) is 6.25. The highest BCUT2D eigenvalue weighted by Crippen LogP contribution is 2.37. The Kier molecular flexibility index (Phi) is 3.21. The molecule has 7 heteroatoms. The lowest BCUT2D eigenvalue weighted by molar-refractivity contribution is -0.118. The number of aromatic nitrogens is 1. The molecule has 0 bridgehead atoms. The Morgan fingerprint density at radius 2 is 2.29 bits per heavy atom. The van der Waals surface area contributed by atoms with Gasteiger partial charge in [0.2, 0.25) is 0 Å². The number of benzene rings is 1. The molecule has 6 nitrogen and oxygen atoms in total. The Hall–Kier alpha value is -2.28. The van der Waals surface area contributed by atoms with E-state index in [9.17, 15) is 4.79 Å². The first-order valence-corrected chi connectivity index (χ1v) is 7.38. The van der Waals surface area contributed by atoms with Crippen LogP contribution < -0.4 is 21.1 Å². The lowest BCUT2D eigenvalue weighted by atomic mass is 10.1. The van der Waals surface area contributed by atoms with Gasteiger partial charge < -0.3 is 21.1 Å². The lowest BCUT2D eigenvalue weighted by Gasteiger charge is -2.27. The summed E-state index contributed by atoms with van der Waals surface area (Å²) >= 11 is 1.58. The van der Waals surface area contributed by atoms with Crippen LogP contribution >= 0.6 is 11.3 Å². The maximum Gasteiger partial charge on any atom is 0.262 e. The van der Waals surface area contributed by atoms with Gasteiger partial charge in [-0.25, -0.2) is 4.98 Å². The molecule has 0 aliphatic carbocycles. The molecule has 1 aliphatic rings. The smallest absolute Gasteiger partial charge is 0.262 e. The first-order valence-electron chi connectivity index (χ1n) is 6.50. The topological polar surface area (TPSA) is 89.3 Å². The minimum Gasteiger partial charge on any atom is -0.482 e. The number of ether oxygens (including phenoxy) is 1. The molecule has 0 fully saturated rings. The van der Waals surface area contributed by atoms with Gasteiger partial charge in [-0.3, -0.25) is 4.79 Å². The van der Waals surface area contributed by atoms with Crippen LogP contribution in [-0.2, 0) is 10.3 Å². The molecule has 1 aliphatic heterocycles. The van der Waals surface area contributed by atoms with Crippen LogP contribution in [0.2, 0.25) is 0 Å². The van der Waals surface area contributed by atoms with Crippen LogP contribution in [0, 0.1) is 0 Å². The van der Waals surface area contributed by atoms with E-state index in [0.29, 0.717) is 17.1 Å². The number of nitrogens with zero attached hydrogens (tertiary/aromatic N) is 1. The van der Waals surface area contributed by atoms with Crippen molar-refractivity contribution in [3.8, 4) is 5.75 Å². The van der Waals surface area contributed by atoms with Crippen LogP contribution in [0.25, 0.3) is 0 Å². The van der Waals surface area contributed by atoms with Crippen molar-refractivity contribution in [1.82, 2.24) is 4.98 Å². The van der Waals surface area contributed by atoms with Crippen LogP contribution in [0.5, 0.6) is 5.75 Å². The minimum absolute atomic E-state index is 0.0177. The fraction of sp³-hybridized carbons (Fsp3) is 0.286. The van der Waals surface area contributed by atoms with Gasteiger partial charge in [0.05, 0.1) is 22.6 Å². The molecule has 1 amide bonds. The zero-order chi connectivity index (χ0) is 15.0. The molecule has 2 heterocycles. The summed E-state index contributed by atoms with van der Waals surface area (Å²) in [6, 6.07) is 3.51. The molecule has 3 rings (SSSR count). The summed E-state index contributed by atoms with van der Waals surface area (Å²) in [6.45, 7) is 4.07. The second kappa shape index (κ2) is 4.92. The Labute approximate surface area is 126 Å². The molecule has 0 saturated heterocycles. The normalized spacial score (nSPS) is 14.1. The first-order chi connectivity index (χ1) is 9.95. The Morgan fingerprint density at radius 1 is 1.48 bits per heavy atom. The molecule has 0 atom stereocenters. The van der Waals surface area contributed by atoms with Gasteiger partial charge in [0.25, 0.3) is 5.91 Å². The Bertz CT molecular complexity index is 683. The molecule has 0 saturated carbocycles. The van der Waals surface area contributed by atoms with Crippen molar-refractivity contribution in [2.75, 3.05) is 23.0 Å². The van der Waals surface area contributed by atoms with E-state index in [4.69, 9.17) is 10.5 Å². The van der Waals surface area contributed by atoms with Gasteiger partial charge in [-0.05, 0) is 19.9 Å². The molecule has 4 N–H and O–H groups in total. The van der Waals surface area contributed by atoms with E-state index in [-0.39, 0.29) is 18.1 Å². The third-order valence-corrected chi connectivity index (χ3v) is 4.30. The number of nitrogens with two attached hydrogens (primary N) is 1. The summed E-state index contributed by atoms with van der Waals surface area (Å²) in [5.74, 6) is 0.419. The molecule has 0 spiro atoms. The molecule has 21 heavy (non-hydrogen) atoms. The molecular formula is C14H16N4O2S. The minimum atomic E-state index is -0.365. The zero-order valence-corrected chi connectivity index (χ0v) is 12.6. The van der Waals surface area contributed by atoms with E-state index in [1.54, 1.807) is 29.7 Å². The number of amides is 1. The SMILES string of the molecule is CC(C)(Nc1cc2c(cc1N)OCC(=O)N2)c1nccs1. The van der Waals surface area contributed by atoms with E-state index in [1.165, 1.54) is 0 Å². The number of anilines is 3. The fourth-order valence-corrected chi connectivity index (χ4v) is 2.89. The van der Waals surface area contributed by atoms with Gasteiger partial charge in [0.1, 0.15) is 10.8 Å². The maximum absolute atomic E-state index is 11.4. The van der Waals surface area contributed by atoms with E-state index in [0.717, 1.165) is 10.7 Å². The van der Waals surface area contributed by atoms with Gasteiger partial charge in [-0.2, -0.15) is 0 Å². The summed E-state index contributed by atoms with van der Waals surface area (Å²) in [4.78, 5) is 15.7. The van der Waals surface area contributed by atoms with Crippen LogP contribution in [0.1, 0.15) is 18.9 Å². The van der Waals surface area contributed by atoms with Crippen molar-refractivity contribution in [3.63, 3.8) is 0 Å². The Morgan fingerprint density at radius 3 is 3.00 bits per heavy atom. The number of hydrogen-bond donors (Lipinski definition) is 3. The van der Waals surface area contributed by atoms with Crippen molar-refractivity contribution >= 4 is 34.3 Å². The van der Waals surface area contributed by atoms with Crippen molar-refractivity contribution in [2.24, 2.45) is 0 Å². The van der Waals surface area contributed by atoms with Gasteiger partial charge in [0.15, 0.2) is 6.61 Å². The van der Waals surface area contributed by atoms with E-state index in [2.05, 4.69) is 15.6 Å². The third-order valence-electron chi connectivity index (χ3n) is 3.20. The second-order valence-electron chi connectivity index (χ2n) is 5.36. The quantitative estimate of drug-likeness (QED) is 0.758. The summed E-state index contributed by atoms with van der Waals surface area (Å²) in [7, 11) is 0. The predicted molar refractivity (Wildman–Crippen MR) is 83.7 cm³/mol. The number of carbonyl (C=O) groups excluding carboxylic acids is 1.